The van der Waals surface area contributed by atoms with Crippen molar-refractivity contribution in [2.45, 2.75) is 22.8 Å². The number of methoxy groups -OCH3 is 1. The van der Waals surface area contributed by atoms with E-state index in [4.69, 9.17) is 10.5 Å². The van der Waals surface area contributed by atoms with Crippen LogP contribution in [0.25, 0.3) is 0 Å². The smallest absolute Gasteiger partial charge is 0.118 e. The molecule has 18 heavy (non-hydrogen) atoms. The summed E-state index contributed by atoms with van der Waals surface area (Å²) in [5, 5.41) is 0. The fraction of sp³-hybridized carbons (Fsp3) is 0.200. The first-order chi connectivity index (χ1) is 8.69. The van der Waals surface area contributed by atoms with Crippen LogP contribution in [-0.2, 0) is 0 Å². The fourth-order valence-corrected chi connectivity index (χ4v) is 2.44. The van der Waals surface area contributed by atoms with Gasteiger partial charge in [-0.2, -0.15) is 0 Å². The minimum atomic E-state index is 0.0880. The molecule has 2 rings (SSSR count). The van der Waals surface area contributed by atoms with Gasteiger partial charge in [0.05, 0.1) is 7.11 Å². The highest BCUT2D eigenvalue weighted by molar-refractivity contribution is 7.99. The van der Waals surface area contributed by atoms with Crippen molar-refractivity contribution in [1.82, 2.24) is 0 Å². The lowest BCUT2D eigenvalue weighted by atomic mass is 10.1. The third kappa shape index (κ3) is 3.28. The lowest BCUT2D eigenvalue weighted by Crippen LogP contribution is -2.04. The lowest BCUT2D eigenvalue weighted by molar-refractivity contribution is 0.414. The van der Waals surface area contributed by atoms with E-state index in [0.29, 0.717) is 0 Å². The molecule has 3 heteroatoms. The van der Waals surface area contributed by atoms with Crippen LogP contribution in [-0.4, -0.2) is 7.11 Å². The molecule has 0 heterocycles. The molecule has 2 nitrogen and oxygen atoms in total. The third-order valence-corrected chi connectivity index (χ3v) is 3.72. The molecular formula is C15H17NOS. The minimum Gasteiger partial charge on any atom is -0.497 e. The molecule has 0 aliphatic rings. The predicted octanol–water partition coefficient (Wildman–Crippen LogP) is 3.87. The van der Waals surface area contributed by atoms with E-state index >= 15 is 0 Å². The van der Waals surface area contributed by atoms with E-state index in [2.05, 4.69) is 36.4 Å². The quantitative estimate of drug-likeness (QED) is 0.905. The van der Waals surface area contributed by atoms with Crippen molar-refractivity contribution in [3.8, 4) is 5.75 Å². The summed E-state index contributed by atoms with van der Waals surface area (Å²) in [6.07, 6.45) is 0. The summed E-state index contributed by atoms with van der Waals surface area (Å²) in [7, 11) is 1.68. The highest BCUT2D eigenvalue weighted by atomic mass is 32.2. The largest absolute Gasteiger partial charge is 0.497 e. The third-order valence-electron chi connectivity index (χ3n) is 2.70. The van der Waals surface area contributed by atoms with Crippen LogP contribution in [0.2, 0.25) is 0 Å². The second-order valence-corrected chi connectivity index (χ2v) is 5.28. The maximum Gasteiger partial charge on any atom is 0.118 e. The van der Waals surface area contributed by atoms with E-state index in [1.54, 1.807) is 18.9 Å². The Bertz CT molecular complexity index is 491. The molecule has 0 saturated heterocycles. The first-order valence-corrected chi connectivity index (χ1v) is 6.68. The average molecular weight is 259 g/mol. The molecule has 94 valence electrons. The molecule has 0 aliphatic carbocycles. The number of nitrogens with two attached hydrogens (primary N) is 1. The van der Waals surface area contributed by atoms with Crippen LogP contribution in [0.3, 0.4) is 0 Å². The maximum absolute atomic E-state index is 5.83. The van der Waals surface area contributed by atoms with E-state index in [1.165, 1.54) is 9.79 Å². The maximum atomic E-state index is 5.83. The van der Waals surface area contributed by atoms with Crippen LogP contribution in [0.1, 0.15) is 18.5 Å². The van der Waals surface area contributed by atoms with Gasteiger partial charge in [-0.3, -0.25) is 0 Å². The van der Waals surface area contributed by atoms with E-state index < -0.39 is 0 Å². The summed E-state index contributed by atoms with van der Waals surface area (Å²) in [6, 6.07) is 16.5. The highest BCUT2D eigenvalue weighted by Crippen LogP contribution is 2.29. The molecule has 0 radical (unpaired) electrons. The zero-order valence-electron chi connectivity index (χ0n) is 10.6. The molecule has 0 aliphatic heterocycles. The normalized spacial score (nSPS) is 12.2. The predicted molar refractivity (Wildman–Crippen MR) is 76.2 cm³/mol. The van der Waals surface area contributed by atoms with Crippen molar-refractivity contribution in [3.63, 3.8) is 0 Å². The number of hydrogen-bond acceptors (Lipinski definition) is 3. The Hall–Kier alpha value is -1.45. The summed E-state index contributed by atoms with van der Waals surface area (Å²) >= 11 is 1.73. The summed E-state index contributed by atoms with van der Waals surface area (Å²) in [5.41, 5.74) is 6.99. The van der Waals surface area contributed by atoms with Crippen molar-refractivity contribution in [2.24, 2.45) is 5.73 Å². The first kappa shape index (κ1) is 13.0. The van der Waals surface area contributed by atoms with Gasteiger partial charge in [-0.05, 0) is 48.9 Å². The number of ether oxygens (including phenoxy) is 1. The molecule has 2 N–H and O–H groups in total. The summed E-state index contributed by atoms with van der Waals surface area (Å²) in [5.74, 6) is 0.881. The molecule has 2 aromatic carbocycles. The monoisotopic (exact) mass is 259 g/mol. The molecule has 0 fully saturated rings. The van der Waals surface area contributed by atoms with Gasteiger partial charge in [-0.1, -0.05) is 23.9 Å². The summed E-state index contributed by atoms with van der Waals surface area (Å²) in [4.78, 5) is 2.41. The molecule has 0 bridgehead atoms. The van der Waals surface area contributed by atoms with Crippen LogP contribution in [0.15, 0.2) is 58.3 Å². The van der Waals surface area contributed by atoms with Crippen molar-refractivity contribution in [2.75, 3.05) is 7.11 Å². The summed E-state index contributed by atoms with van der Waals surface area (Å²) in [6.45, 7) is 1.99. The van der Waals surface area contributed by atoms with Crippen molar-refractivity contribution in [1.29, 1.82) is 0 Å². The van der Waals surface area contributed by atoms with Crippen LogP contribution in [0.5, 0.6) is 5.75 Å². The van der Waals surface area contributed by atoms with Gasteiger partial charge in [-0.15, -0.1) is 0 Å². The van der Waals surface area contributed by atoms with Gasteiger partial charge in [0.1, 0.15) is 5.75 Å². The van der Waals surface area contributed by atoms with Gasteiger partial charge in [0.25, 0.3) is 0 Å². The molecule has 0 aromatic heterocycles. The Kier molecular flexibility index (Phi) is 4.28. The van der Waals surface area contributed by atoms with Crippen LogP contribution < -0.4 is 10.5 Å². The number of rotatable bonds is 4. The molecule has 2 aromatic rings. The van der Waals surface area contributed by atoms with Crippen molar-refractivity contribution < 1.29 is 4.74 Å². The highest BCUT2D eigenvalue weighted by Gasteiger charge is 2.01. The number of hydrogen-bond donors (Lipinski definition) is 1. The molecule has 0 spiro atoms. The van der Waals surface area contributed by atoms with Crippen LogP contribution in [0.4, 0.5) is 0 Å². The van der Waals surface area contributed by atoms with Gasteiger partial charge in [0.15, 0.2) is 0 Å². The van der Waals surface area contributed by atoms with Gasteiger partial charge >= 0.3 is 0 Å². The average Bonchev–Trinajstić information content (AvgIpc) is 2.40. The molecule has 1 unspecified atom stereocenters. The Morgan fingerprint density at radius 3 is 1.89 bits per heavy atom. The second kappa shape index (κ2) is 5.94. The topological polar surface area (TPSA) is 35.2 Å². The Labute approximate surface area is 112 Å². The van der Waals surface area contributed by atoms with Crippen molar-refractivity contribution >= 4 is 11.8 Å². The zero-order valence-corrected chi connectivity index (χ0v) is 11.4. The lowest BCUT2D eigenvalue weighted by Gasteiger charge is -2.07. The van der Waals surface area contributed by atoms with E-state index in [1.807, 2.05) is 19.1 Å². The van der Waals surface area contributed by atoms with E-state index in [-0.39, 0.29) is 6.04 Å². The number of benzene rings is 2. The van der Waals surface area contributed by atoms with Gasteiger partial charge < -0.3 is 10.5 Å². The van der Waals surface area contributed by atoms with Crippen LogP contribution >= 0.6 is 11.8 Å². The molecular weight excluding hydrogens is 242 g/mol. The zero-order chi connectivity index (χ0) is 13.0. The first-order valence-electron chi connectivity index (χ1n) is 5.86. The Morgan fingerprint density at radius 1 is 0.944 bits per heavy atom. The van der Waals surface area contributed by atoms with Crippen molar-refractivity contribution in [3.05, 3.63) is 54.1 Å². The second-order valence-electron chi connectivity index (χ2n) is 4.14. The molecule has 0 amide bonds. The Balaban J connectivity index is 2.08. The SMILES string of the molecule is COc1ccc(Sc2ccc(C(C)N)cc2)cc1. The van der Waals surface area contributed by atoms with Gasteiger partial charge in [0, 0.05) is 15.8 Å². The minimum absolute atomic E-state index is 0.0880. The van der Waals surface area contributed by atoms with Gasteiger partial charge in [-0.25, -0.2) is 0 Å². The fourth-order valence-electron chi connectivity index (χ4n) is 1.62. The molecule has 1 atom stereocenters. The summed E-state index contributed by atoms with van der Waals surface area (Å²) < 4.78 is 5.14. The van der Waals surface area contributed by atoms with E-state index in [9.17, 15) is 0 Å². The Morgan fingerprint density at radius 2 is 1.44 bits per heavy atom. The molecule has 0 saturated carbocycles. The van der Waals surface area contributed by atoms with E-state index in [0.717, 1.165) is 11.3 Å². The van der Waals surface area contributed by atoms with Gasteiger partial charge in [0.2, 0.25) is 0 Å². The standard InChI is InChI=1S/C15H17NOS/c1-11(16)12-3-7-14(8-4-12)18-15-9-5-13(17-2)6-10-15/h3-11H,16H2,1-2H3. The van der Waals surface area contributed by atoms with Crippen LogP contribution in [0, 0.1) is 0 Å².